The molecule has 1 heterocycles. The summed E-state index contributed by atoms with van der Waals surface area (Å²) in [5.74, 6) is 0. The molecule has 1 aliphatic carbocycles. The fourth-order valence-corrected chi connectivity index (χ4v) is 3.37. The SMILES string of the molecule is C1=C/C(=C2\[N-]C=Cc3ccccc32)C(CCCc2ccccc2)=C1. The summed E-state index contributed by atoms with van der Waals surface area (Å²) in [6, 6.07) is 19.2. The van der Waals surface area contributed by atoms with Gasteiger partial charge in [-0.15, -0.1) is 5.70 Å². The maximum Gasteiger partial charge on any atom is -0.0214 e. The summed E-state index contributed by atoms with van der Waals surface area (Å²) >= 11 is 0. The van der Waals surface area contributed by atoms with Crippen LogP contribution >= 0.6 is 0 Å². The van der Waals surface area contributed by atoms with Crippen LogP contribution < -0.4 is 0 Å². The number of allylic oxidation sites excluding steroid dienone is 5. The van der Waals surface area contributed by atoms with Crippen molar-refractivity contribution < 1.29 is 0 Å². The van der Waals surface area contributed by atoms with Crippen molar-refractivity contribution >= 4 is 11.8 Å². The van der Waals surface area contributed by atoms with E-state index in [2.05, 4.69) is 84.2 Å². The second-order valence-corrected chi connectivity index (χ2v) is 6.18. The molecule has 0 unspecified atom stereocenters. The third-order valence-corrected chi connectivity index (χ3v) is 4.59. The van der Waals surface area contributed by atoms with Crippen LogP contribution in [0.5, 0.6) is 0 Å². The monoisotopic (exact) mass is 310 g/mol. The van der Waals surface area contributed by atoms with Gasteiger partial charge >= 0.3 is 0 Å². The molecular weight excluding hydrogens is 290 g/mol. The molecule has 0 spiro atoms. The lowest BCUT2D eigenvalue weighted by atomic mass is 9.93. The maximum absolute atomic E-state index is 4.68. The summed E-state index contributed by atoms with van der Waals surface area (Å²) in [5, 5.41) is 4.68. The first-order chi connectivity index (χ1) is 11.9. The largest absolute Gasteiger partial charge is 0.663 e. The van der Waals surface area contributed by atoms with Crippen LogP contribution in [0.15, 0.2) is 90.2 Å². The molecule has 0 saturated carbocycles. The molecule has 0 N–H and O–H groups in total. The molecular formula is C23H20N-. The first-order valence-electron chi connectivity index (χ1n) is 8.54. The third kappa shape index (κ3) is 2.98. The van der Waals surface area contributed by atoms with Crippen molar-refractivity contribution in [2.75, 3.05) is 0 Å². The van der Waals surface area contributed by atoms with Crippen molar-refractivity contribution in [2.45, 2.75) is 19.3 Å². The summed E-state index contributed by atoms with van der Waals surface area (Å²) in [4.78, 5) is 0. The van der Waals surface area contributed by atoms with Gasteiger partial charge in [-0.2, -0.15) is 6.20 Å². The first-order valence-corrected chi connectivity index (χ1v) is 8.54. The topological polar surface area (TPSA) is 14.1 Å². The second-order valence-electron chi connectivity index (χ2n) is 6.18. The number of fused-ring (bicyclic) bond motifs is 1. The van der Waals surface area contributed by atoms with E-state index in [-0.39, 0.29) is 0 Å². The van der Waals surface area contributed by atoms with Crippen molar-refractivity contribution in [1.82, 2.24) is 0 Å². The Labute approximate surface area is 143 Å². The number of rotatable bonds is 4. The Morgan fingerprint density at radius 3 is 2.54 bits per heavy atom. The highest BCUT2D eigenvalue weighted by molar-refractivity contribution is 5.91. The lowest BCUT2D eigenvalue weighted by molar-refractivity contribution is 0.821. The molecule has 1 nitrogen and oxygen atoms in total. The van der Waals surface area contributed by atoms with Crippen molar-refractivity contribution in [3.63, 3.8) is 0 Å². The standard InChI is InChI=1S/C23H20N/c1-2-8-18(9-3-1)10-6-12-19-13-7-15-22(19)23-21-14-5-4-11-20(21)16-17-24-23/h1-5,7-9,11,13-17H,6,10,12H2/q-1/b23-22+. The average Bonchev–Trinajstić information content (AvgIpc) is 3.10. The summed E-state index contributed by atoms with van der Waals surface area (Å²) in [6.45, 7) is 0. The van der Waals surface area contributed by atoms with E-state index in [0.29, 0.717) is 0 Å². The van der Waals surface area contributed by atoms with Gasteiger partial charge in [0.05, 0.1) is 0 Å². The predicted octanol–water partition coefficient (Wildman–Crippen LogP) is 6.27. The molecule has 4 rings (SSSR count). The Morgan fingerprint density at radius 2 is 1.62 bits per heavy atom. The zero-order valence-corrected chi connectivity index (χ0v) is 13.7. The summed E-state index contributed by atoms with van der Waals surface area (Å²) < 4.78 is 0. The zero-order valence-electron chi connectivity index (χ0n) is 13.7. The van der Waals surface area contributed by atoms with Gasteiger partial charge in [-0.05, 0) is 47.1 Å². The average molecular weight is 310 g/mol. The van der Waals surface area contributed by atoms with Crippen molar-refractivity contribution in [3.05, 3.63) is 112 Å². The molecule has 0 bridgehead atoms. The minimum absolute atomic E-state index is 1.09. The Hall–Kier alpha value is -2.80. The van der Waals surface area contributed by atoms with E-state index in [1.165, 1.54) is 27.8 Å². The molecule has 118 valence electrons. The maximum atomic E-state index is 4.68. The molecule has 0 fully saturated rings. The first kappa shape index (κ1) is 14.8. The van der Waals surface area contributed by atoms with Crippen molar-refractivity contribution in [2.24, 2.45) is 0 Å². The van der Waals surface area contributed by atoms with E-state index in [4.69, 9.17) is 0 Å². The molecule has 0 saturated heterocycles. The highest BCUT2D eigenvalue weighted by Gasteiger charge is 2.11. The van der Waals surface area contributed by atoms with Crippen LogP contribution in [0.2, 0.25) is 0 Å². The molecule has 0 amide bonds. The highest BCUT2D eigenvalue weighted by atomic mass is 14.9. The number of hydrogen-bond donors (Lipinski definition) is 0. The number of benzene rings is 2. The van der Waals surface area contributed by atoms with Crippen LogP contribution in [0.3, 0.4) is 0 Å². The van der Waals surface area contributed by atoms with Gasteiger partial charge in [0.1, 0.15) is 0 Å². The number of nitrogens with zero attached hydrogens (tertiary/aromatic N) is 1. The van der Waals surface area contributed by atoms with E-state index in [1.807, 2.05) is 6.20 Å². The van der Waals surface area contributed by atoms with Crippen LogP contribution in [0, 0.1) is 0 Å². The number of hydrogen-bond acceptors (Lipinski definition) is 0. The molecule has 2 aliphatic rings. The molecule has 2 aromatic rings. The van der Waals surface area contributed by atoms with Gasteiger partial charge in [-0.3, -0.25) is 0 Å². The minimum Gasteiger partial charge on any atom is -0.663 e. The van der Waals surface area contributed by atoms with Gasteiger partial charge in [0.15, 0.2) is 0 Å². The quantitative estimate of drug-likeness (QED) is 0.631. The fourth-order valence-electron chi connectivity index (χ4n) is 3.37. The summed E-state index contributed by atoms with van der Waals surface area (Å²) in [6.07, 6.45) is 13.9. The lowest BCUT2D eigenvalue weighted by Crippen LogP contribution is -1.97. The van der Waals surface area contributed by atoms with E-state index in [9.17, 15) is 0 Å². The van der Waals surface area contributed by atoms with Gasteiger partial charge < -0.3 is 5.32 Å². The van der Waals surface area contributed by atoms with Gasteiger partial charge in [0.2, 0.25) is 0 Å². The second kappa shape index (κ2) is 6.76. The van der Waals surface area contributed by atoms with Crippen LogP contribution in [0.25, 0.3) is 17.1 Å². The van der Waals surface area contributed by atoms with Gasteiger partial charge in [-0.25, -0.2) is 0 Å². The van der Waals surface area contributed by atoms with Crippen molar-refractivity contribution in [3.8, 4) is 0 Å². The van der Waals surface area contributed by atoms with Crippen molar-refractivity contribution in [1.29, 1.82) is 0 Å². The highest BCUT2D eigenvalue weighted by Crippen LogP contribution is 2.38. The van der Waals surface area contributed by atoms with Gasteiger partial charge in [0.25, 0.3) is 0 Å². The van der Waals surface area contributed by atoms with Crippen LogP contribution in [0.1, 0.15) is 29.5 Å². The van der Waals surface area contributed by atoms with Crippen LogP contribution in [0.4, 0.5) is 0 Å². The van der Waals surface area contributed by atoms with E-state index in [0.717, 1.165) is 25.0 Å². The smallest absolute Gasteiger partial charge is 0.0214 e. The fraction of sp³-hybridized carbons (Fsp3) is 0.130. The van der Waals surface area contributed by atoms with Gasteiger partial charge in [-0.1, -0.05) is 78.9 Å². The minimum atomic E-state index is 1.09. The predicted molar refractivity (Wildman–Crippen MR) is 102 cm³/mol. The van der Waals surface area contributed by atoms with Gasteiger partial charge in [0, 0.05) is 0 Å². The Kier molecular flexibility index (Phi) is 4.16. The van der Waals surface area contributed by atoms with E-state index < -0.39 is 0 Å². The molecule has 1 heteroatoms. The molecule has 0 atom stereocenters. The van der Waals surface area contributed by atoms with E-state index in [1.54, 1.807) is 0 Å². The molecule has 1 aliphatic heterocycles. The Bertz CT molecular complexity index is 851. The van der Waals surface area contributed by atoms with Crippen LogP contribution in [-0.2, 0) is 6.42 Å². The Morgan fingerprint density at radius 1 is 0.792 bits per heavy atom. The zero-order chi connectivity index (χ0) is 16.2. The lowest BCUT2D eigenvalue weighted by Gasteiger charge is -2.31. The molecule has 2 aromatic carbocycles. The third-order valence-electron chi connectivity index (χ3n) is 4.59. The molecule has 0 radical (unpaired) electrons. The normalized spacial score (nSPS) is 18.2. The molecule has 24 heavy (non-hydrogen) atoms. The number of aryl methyl sites for hydroxylation is 1. The van der Waals surface area contributed by atoms with Crippen LogP contribution in [-0.4, -0.2) is 0 Å². The van der Waals surface area contributed by atoms with E-state index >= 15 is 0 Å². The Balaban J connectivity index is 1.53. The summed E-state index contributed by atoms with van der Waals surface area (Å²) in [7, 11) is 0. The molecule has 0 aromatic heterocycles. The summed E-state index contributed by atoms with van der Waals surface area (Å²) in [5.41, 5.74) is 7.67.